The zero-order valence-electron chi connectivity index (χ0n) is 12.8. The first kappa shape index (κ1) is 16.5. The Morgan fingerprint density at radius 2 is 1.79 bits per heavy atom. The summed E-state index contributed by atoms with van der Waals surface area (Å²) >= 11 is 0. The van der Waals surface area contributed by atoms with Gasteiger partial charge in [-0.05, 0) is 31.7 Å². The Labute approximate surface area is 118 Å². The summed E-state index contributed by atoms with van der Waals surface area (Å²) in [6.07, 6.45) is 11.3. The van der Waals surface area contributed by atoms with Crippen molar-refractivity contribution in [1.29, 1.82) is 0 Å². The minimum Gasteiger partial charge on any atom is -0.352 e. The monoisotopic (exact) mass is 268 g/mol. The van der Waals surface area contributed by atoms with Gasteiger partial charge in [-0.3, -0.25) is 4.79 Å². The lowest BCUT2D eigenvalue weighted by molar-refractivity contribution is -0.121. The molecule has 1 saturated carbocycles. The van der Waals surface area contributed by atoms with Crippen LogP contribution in [0.5, 0.6) is 0 Å². The summed E-state index contributed by atoms with van der Waals surface area (Å²) in [6, 6.07) is 0.428. The molecule has 19 heavy (non-hydrogen) atoms. The smallest absolute Gasteiger partial charge is 0.234 e. The first-order valence-corrected chi connectivity index (χ1v) is 8.18. The summed E-state index contributed by atoms with van der Waals surface area (Å²) in [5, 5.41) is 6.42. The van der Waals surface area contributed by atoms with Crippen LogP contribution < -0.4 is 10.6 Å². The molecule has 0 bridgehead atoms. The largest absolute Gasteiger partial charge is 0.352 e. The van der Waals surface area contributed by atoms with Crippen LogP contribution in [-0.4, -0.2) is 25.0 Å². The van der Waals surface area contributed by atoms with E-state index in [9.17, 15) is 4.79 Å². The van der Waals surface area contributed by atoms with Crippen LogP contribution in [0.15, 0.2) is 0 Å². The van der Waals surface area contributed by atoms with Crippen LogP contribution in [0, 0.1) is 5.92 Å². The molecule has 0 radical (unpaired) electrons. The van der Waals surface area contributed by atoms with Gasteiger partial charge in [0.25, 0.3) is 0 Å². The predicted molar refractivity (Wildman–Crippen MR) is 81.2 cm³/mol. The fourth-order valence-corrected chi connectivity index (χ4v) is 2.71. The first-order chi connectivity index (χ1) is 9.18. The Hall–Kier alpha value is -0.570. The highest BCUT2D eigenvalue weighted by Crippen LogP contribution is 2.16. The van der Waals surface area contributed by atoms with Gasteiger partial charge < -0.3 is 10.6 Å². The van der Waals surface area contributed by atoms with Crippen molar-refractivity contribution in [3.05, 3.63) is 0 Å². The third kappa shape index (κ3) is 9.04. The lowest BCUT2D eigenvalue weighted by atomic mass is 10.1. The molecule has 0 aromatic heterocycles. The fraction of sp³-hybridized carbons (Fsp3) is 0.938. The molecule has 0 saturated heterocycles. The van der Waals surface area contributed by atoms with Crippen molar-refractivity contribution in [3.8, 4) is 0 Å². The van der Waals surface area contributed by atoms with Crippen molar-refractivity contribution < 1.29 is 4.79 Å². The summed E-state index contributed by atoms with van der Waals surface area (Å²) < 4.78 is 0. The van der Waals surface area contributed by atoms with Crippen molar-refractivity contribution in [2.45, 2.75) is 77.7 Å². The van der Waals surface area contributed by atoms with E-state index in [1.54, 1.807) is 0 Å². The summed E-state index contributed by atoms with van der Waals surface area (Å²) in [7, 11) is 0. The Bertz CT molecular complexity index is 233. The van der Waals surface area contributed by atoms with E-state index in [0.29, 0.717) is 12.6 Å². The highest BCUT2D eigenvalue weighted by molar-refractivity contribution is 5.78. The van der Waals surface area contributed by atoms with Gasteiger partial charge in [-0.1, -0.05) is 52.4 Å². The van der Waals surface area contributed by atoms with Gasteiger partial charge in [-0.2, -0.15) is 0 Å². The van der Waals surface area contributed by atoms with Crippen LogP contribution in [-0.2, 0) is 4.79 Å². The molecule has 3 nitrogen and oxygen atoms in total. The quantitative estimate of drug-likeness (QED) is 0.524. The zero-order chi connectivity index (χ0) is 13.9. The molecule has 2 N–H and O–H groups in total. The van der Waals surface area contributed by atoms with E-state index in [1.165, 1.54) is 57.8 Å². The first-order valence-electron chi connectivity index (χ1n) is 8.18. The number of unbranched alkanes of at least 4 members (excludes halogenated alkanes) is 1. The van der Waals surface area contributed by atoms with Crippen molar-refractivity contribution in [2.75, 3.05) is 13.1 Å². The van der Waals surface area contributed by atoms with E-state index < -0.39 is 0 Å². The molecule has 1 aliphatic rings. The molecule has 0 aromatic rings. The van der Waals surface area contributed by atoms with E-state index in [-0.39, 0.29) is 5.91 Å². The Kier molecular flexibility index (Phi) is 8.89. The van der Waals surface area contributed by atoms with Crippen molar-refractivity contribution >= 4 is 5.91 Å². The maximum absolute atomic E-state index is 11.8. The molecule has 1 fully saturated rings. The molecule has 3 heteroatoms. The van der Waals surface area contributed by atoms with Crippen molar-refractivity contribution in [1.82, 2.24) is 10.6 Å². The standard InChI is InChI=1S/C16H32N2O/c1-14(2)9-7-8-12-17-13-16(19)18-15-10-5-3-4-6-11-15/h14-15,17H,3-13H2,1-2H3,(H,18,19). The second-order valence-electron chi connectivity index (χ2n) is 6.32. The lowest BCUT2D eigenvalue weighted by Gasteiger charge is -2.16. The normalized spacial score (nSPS) is 17.4. The summed E-state index contributed by atoms with van der Waals surface area (Å²) in [4.78, 5) is 11.8. The van der Waals surface area contributed by atoms with Crippen LogP contribution in [0.2, 0.25) is 0 Å². The van der Waals surface area contributed by atoms with Crippen LogP contribution in [0.25, 0.3) is 0 Å². The van der Waals surface area contributed by atoms with Crippen molar-refractivity contribution in [2.24, 2.45) is 5.92 Å². The molecule has 1 amide bonds. The molecular weight excluding hydrogens is 236 g/mol. The van der Waals surface area contributed by atoms with E-state index in [1.807, 2.05) is 0 Å². The fourth-order valence-electron chi connectivity index (χ4n) is 2.71. The van der Waals surface area contributed by atoms with Gasteiger partial charge in [0.1, 0.15) is 0 Å². The molecule has 0 heterocycles. The van der Waals surface area contributed by atoms with E-state index >= 15 is 0 Å². The van der Waals surface area contributed by atoms with Crippen LogP contribution >= 0.6 is 0 Å². The van der Waals surface area contributed by atoms with Crippen LogP contribution in [0.4, 0.5) is 0 Å². The predicted octanol–water partition coefficient (Wildman–Crippen LogP) is 3.24. The lowest BCUT2D eigenvalue weighted by Crippen LogP contribution is -2.40. The summed E-state index contributed by atoms with van der Waals surface area (Å²) in [5.74, 6) is 0.967. The van der Waals surface area contributed by atoms with Gasteiger partial charge in [-0.25, -0.2) is 0 Å². The molecule has 0 aliphatic heterocycles. The molecule has 1 rings (SSSR count). The molecule has 1 aliphatic carbocycles. The molecule has 0 unspecified atom stereocenters. The zero-order valence-corrected chi connectivity index (χ0v) is 12.8. The SMILES string of the molecule is CC(C)CCCCNCC(=O)NC1CCCCCC1. The number of hydrogen-bond acceptors (Lipinski definition) is 2. The summed E-state index contributed by atoms with van der Waals surface area (Å²) in [6.45, 7) is 5.96. The van der Waals surface area contributed by atoms with Gasteiger partial charge in [0, 0.05) is 6.04 Å². The van der Waals surface area contributed by atoms with Gasteiger partial charge in [-0.15, -0.1) is 0 Å². The minimum absolute atomic E-state index is 0.177. The van der Waals surface area contributed by atoms with Crippen molar-refractivity contribution in [3.63, 3.8) is 0 Å². The maximum atomic E-state index is 11.8. The average molecular weight is 268 g/mol. The third-order valence-electron chi connectivity index (χ3n) is 3.89. The van der Waals surface area contributed by atoms with Gasteiger partial charge in [0.2, 0.25) is 5.91 Å². The summed E-state index contributed by atoms with van der Waals surface area (Å²) in [5.41, 5.74) is 0. The number of carbonyl (C=O) groups excluding carboxylic acids is 1. The Balaban J connectivity index is 1.98. The number of nitrogens with one attached hydrogen (secondary N) is 2. The number of rotatable bonds is 8. The molecular formula is C16H32N2O. The van der Waals surface area contributed by atoms with Crippen LogP contribution in [0.3, 0.4) is 0 Å². The number of hydrogen-bond donors (Lipinski definition) is 2. The molecule has 0 aromatic carbocycles. The maximum Gasteiger partial charge on any atom is 0.234 e. The minimum atomic E-state index is 0.177. The highest BCUT2D eigenvalue weighted by Gasteiger charge is 2.13. The van der Waals surface area contributed by atoms with Crippen LogP contribution in [0.1, 0.15) is 71.6 Å². The Morgan fingerprint density at radius 3 is 2.42 bits per heavy atom. The number of amides is 1. The molecule has 112 valence electrons. The second-order valence-corrected chi connectivity index (χ2v) is 6.32. The van der Waals surface area contributed by atoms with E-state index in [0.717, 1.165) is 12.5 Å². The third-order valence-corrected chi connectivity index (χ3v) is 3.89. The second kappa shape index (κ2) is 10.2. The average Bonchev–Trinajstić information content (AvgIpc) is 2.62. The highest BCUT2D eigenvalue weighted by atomic mass is 16.1. The van der Waals surface area contributed by atoms with E-state index in [4.69, 9.17) is 0 Å². The van der Waals surface area contributed by atoms with E-state index in [2.05, 4.69) is 24.5 Å². The number of carbonyl (C=O) groups is 1. The molecule has 0 spiro atoms. The topological polar surface area (TPSA) is 41.1 Å². The van der Waals surface area contributed by atoms with Gasteiger partial charge in [0.05, 0.1) is 6.54 Å². The molecule has 0 atom stereocenters. The van der Waals surface area contributed by atoms with Gasteiger partial charge in [0.15, 0.2) is 0 Å². The van der Waals surface area contributed by atoms with Gasteiger partial charge >= 0.3 is 0 Å². The Morgan fingerprint density at radius 1 is 1.11 bits per heavy atom.